The highest BCUT2D eigenvalue weighted by molar-refractivity contribution is 9.10. The van der Waals surface area contributed by atoms with Gasteiger partial charge in [0, 0.05) is 27.2 Å². The van der Waals surface area contributed by atoms with Gasteiger partial charge in [0.05, 0.1) is 22.5 Å². The summed E-state index contributed by atoms with van der Waals surface area (Å²) in [6.45, 7) is 4.95. The molecule has 2 rings (SSSR count). The third kappa shape index (κ3) is 3.58. The van der Waals surface area contributed by atoms with Gasteiger partial charge < -0.3 is 10.1 Å². The molecule has 0 saturated heterocycles. The van der Waals surface area contributed by atoms with Crippen molar-refractivity contribution in [3.8, 4) is 0 Å². The SMILES string of the molecule is CCc1nn(C)c(CC2(CNCCOC)CC2)c1Br. The zero-order chi connectivity index (χ0) is 13.9. The van der Waals surface area contributed by atoms with Gasteiger partial charge in [0.25, 0.3) is 0 Å². The molecule has 0 radical (unpaired) electrons. The maximum atomic E-state index is 5.07. The highest BCUT2D eigenvalue weighted by Crippen LogP contribution is 2.48. The fraction of sp³-hybridized carbons (Fsp3) is 0.786. The zero-order valence-corrected chi connectivity index (χ0v) is 13.7. The Hall–Kier alpha value is -0.390. The lowest BCUT2D eigenvalue weighted by Crippen LogP contribution is -2.28. The first-order valence-electron chi connectivity index (χ1n) is 7.02. The third-order valence-corrected chi connectivity index (χ3v) is 4.90. The third-order valence-electron chi connectivity index (χ3n) is 3.99. The van der Waals surface area contributed by atoms with E-state index in [1.165, 1.54) is 28.7 Å². The number of aryl methyl sites for hydroxylation is 2. The summed E-state index contributed by atoms with van der Waals surface area (Å²) in [5.41, 5.74) is 2.94. The van der Waals surface area contributed by atoms with Crippen molar-refractivity contribution in [3.05, 3.63) is 15.9 Å². The number of ether oxygens (including phenoxy) is 1. The molecule has 1 fully saturated rings. The standard InChI is InChI=1S/C14H24BrN3O/c1-4-11-13(15)12(18(2)17-11)9-14(5-6-14)10-16-7-8-19-3/h16H,4-10H2,1-3H3. The van der Waals surface area contributed by atoms with Crippen molar-refractivity contribution in [1.82, 2.24) is 15.1 Å². The fourth-order valence-corrected chi connectivity index (χ4v) is 3.24. The van der Waals surface area contributed by atoms with E-state index >= 15 is 0 Å². The molecular formula is C14H24BrN3O. The Morgan fingerprint density at radius 3 is 2.74 bits per heavy atom. The van der Waals surface area contributed by atoms with Crippen LogP contribution in [0.4, 0.5) is 0 Å². The average molecular weight is 330 g/mol. The summed E-state index contributed by atoms with van der Waals surface area (Å²) in [6.07, 6.45) is 4.71. The lowest BCUT2D eigenvalue weighted by atomic mass is 10.00. The lowest BCUT2D eigenvalue weighted by molar-refractivity contribution is 0.197. The largest absolute Gasteiger partial charge is 0.383 e. The molecule has 1 heterocycles. The maximum absolute atomic E-state index is 5.07. The first-order chi connectivity index (χ1) is 9.12. The van der Waals surface area contributed by atoms with Crippen molar-refractivity contribution >= 4 is 15.9 Å². The quantitative estimate of drug-likeness (QED) is 0.744. The molecule has 0 aromatic carbocycles. The summed E-state index contributed by atoms with van der Waals surface area (Å²) in [5.74, 6) is 0. The fourth-order valence-electron chi connectivity index (χ4n) is 2.49. The molecular weight excluding hydrogens is 306 g/mol. The Bertz CT molecular complexity index is 427. The molecule has 19 heavy (non-hydrogen) atoms. The van der Waals surface area contributed by atoms with Crippen molar-refractivity contribution < 1.29 is 4.74 Å². The summed E-state index contributed by atoms with van der Waals surface area (Å²) in [4.78, 5) is 0. The molecule has 0 bridgehead atoms. The number of hydrogen-bond donors (Lipinski definition) is 1. The van der Waals surface area contributed by atoms with Crippen LogP contribution < -0.4 is 5.32 Å². The first-order valence-corrected chi connectivity index (χ1v) is 7.81. The van der Waals surface area contributed by atoms with Crippen LogP contribution >= 0.6 is 15.9 Å². The number of rotatable bonds is 8. The molecule has 108 valence electrons. The van der Waals surface area contributed by atoms with E-state index < -0.39 is 0 Å². The number of aromatic nitrogens is 2. The van der Waals surface area contributed by atoms with Gasteiger partial charge in [-0.15, -0.1) is 0 Å². The summed E-state index contributed by atoms with van der Waals surface area (Å²) in [5, 5.41) is 8.08. The minimum atomic E-state index is 0.440. The van der Waals surface area contributed by atoms with Gasteiger partial charge in [-0.2, -0.15) is 5.10 Å². The first kappa shape index (κ1) is 15.0. The Labute approximate surface area is 124 Å². The van der Waals surface area contributed by atoms with Gasteiger partial charge in [0.2, 0.25) is 0 Å². The predicted octanol–water partition coefficient (Wildman–Crippen LogP) is 2.30. The number of hydrogen-bond acceptors (Lipinski definition) is 3. The molecule has 1 N–H and O–H groups in total. The molecule has 4 nitrogen and oxygen atoms in total. The topological polar surface area (TPSA) is 39.1 Å². The van der Waals surface area contributed by atoms with E-state index in [0.29, 0.717) is 5.41 Å². The second kappa shape index (κ2) is 6.37. The molecule has 1 aliphatic rings. The van der Waals surface area contributed by atoms with Gasteiger partial charge in [-0.1, -0.05) is 6.92 Å². The van der Waals surface area contributed by atoms with E-state index in [0.717, 1.165) is 32.5 Å². The molecule has 0 spiro atoms. The van der Waals surface area contributed by atoms with Crippen molar-refractivity contribution in [2.24, 2.45) is 12.5 Å². The van der Waals surface area contributed by atoms with Gasteiger partial charge in [0.15, 0.2) is 0 Å². The van der Waals surface area contributed by atoms with Crippen LogP contribution in [0.25, 0.3) is 0 Å². The van der Waals surface area contributed by atoms with Gasteiger partial charge in [-0.25, -0.2) is 0 Å². The monoisotopic (exact) mass is 329 g/mol. The van der Waals surface area contributed by atoms with Gasteiger partial charge in [0.1, 0.15) is 0 Å². The Morgan fingerprint density at radius 1 is 1.47 bits per heavy atom. The minimum Gasteiger partial charge on any atom is -0.383 e. The lowest BCUT2D eigenvalue weighted by Gasteiger charge is -2.16. The van der Waals surface area contributed by atoms with E-state index in [4.69, 9.17) is 4.74 Å². The smallest absolute Gasteiger partial charge is 0.0766 e. The normalized spacial score (nSPS) is 16.8. The maximum Gasteiger partial charge on any atom is 0.0766 e. The second-order valence-electron chi connectivity index (χ2n) is 5.53. The molecule has 1 saturated carbocycles. The summed E-state index contributed by atoms with van der Waals surface area (Å²) < 4.78 is 8.32. The Kier molecular flexibility index (Phi) is 5.03. The summed E-state index contributed by atoms with van der Waals surface area (Å²) >= 11 is 3.71. The van der Waals surface area contributed by atoms with E-state index in [1.807, 2.05) is 11.7 Å². The molecule has 0 unspecified atom stereocenters. The van der Waals surface area contributed by atoms with Crippen molar-refractivity contribution in [2.45, 2.75) is 32.6 Å². The highest BCUT2D eigenvalue weighted by Gasteiger charge is 2.43. The predicted molar refractivity (Wildman–Crippen MR) is 80.4 cm³/mol. The molecule has 0 amide bonds. The molecule has 1 aliphatic carbocycles. The minimum absolute atomic E-state index is 0.440. The molecule has 5 heteroatoms. The summed E-state index contributed by atoms with van der Waals surface area (Å²) in [7, 11) is 3.79. The van der Waals surface area contributed by atoms with E-state index in [9.17, 15) is 0 Å². The van der Waals surface area contributed by atoms with Gasteiger partial charge in [-0.3, -0.25) is 4.68 Å². The molecule has 1 aromatic rings. The highest BCUT2D eigenvalue weighted by atomic mass is 79.9. The molecule has 0 aliphatic heterocycles. The van der Waals surface area contributed by atoms with Gasteiger partial charge in [-0.05, 0) is 47.0 Å². The average Bonchev–Trinajstić information content (AvgIpc) is 3.12. The van der Waals surface area contributed by atoms with Crippen LogP contribution in [-0.4, -0.2) is 36.6 Å². The van der Waals surface area contributed by atoms with Crippen LogP contribution in [0.1, 0.15) is 31.2 Å². The van der Waals surface area contributed by atoms with E-state index in [-0.39, 0.29) is 0 Å². The number of nitrogens with zero attached hydrogens (tertiary/aromatic N) is 2. The van der Waals surface area contributed by atoms with Crippen molar-refractivity contribution in [2.75, 3.05) is 26.8 Å². The number of halogens is 1. The van der Waals surface area contributed by atoms with Crippen LogP contribution in [0, 0.1) is 5.41 Å². The van der Waals surface area contributed by atoms with Crippen LogP contribution in [0.3, 0.4) is 0 Å². The van der Waals surface area contributed by atoms with Crippen molar-refractivity contribution in [1.29, 1.82) is 0 Å². The zero-order valence-electron chi connectivity index (χ0n) is 12.1. The second-order valence-corrected chi connectivity index (χ2v) is 6.32. The molecule has 1 aromatic heterocycles. The Morgan fingerprint density at radius 2 is 2.21 bits per heavy atom. The van der Waals surface area contributed by atoms with E-state index in [2.05, 4.69) is 33.3 Å². The van der Waals surface area contributed by atoms with Crippen LogP contribution in [0.15, 0.2) is 4.47 Å². The van der Waals surface area contributed by atoms with Crippen LogP contribution in [0.2, 0.25) is 0 Å². The van der Waals surface area contributed by atoms with Gasteiger partial charge >= 0.3 is 0 Å². The molecule has 0 atom stereocenters. The van der Waals surface area contributed by atoms with E-state index in [1.54, 1.807) is 7.11 Å². The number of nitrogens with one attached hydrogen (secondary N) is 1. The summed E-state index contributed by atoms with van der Waals surface area (Å²) in [6, 6.07) is 0. The Balaban J connectivity index is 1.95. The van der Waals surface area contributed by atoms with Crippen LogP contribution in [-0.2, 0) is 24.6 Å². The van der Waals surface area contributed by atoms with Crippen LogP contribution in [0.5, 0.6) is 0 Å². The van der Waals surface area contributed by atoms with Crippen molar-refractivity contribution in [3.63, 3.8) is 0 Å². The number of methoxy groups -OCH3 is 1.